The van der Waals surface area contributed by atoms with E-state index < -0.39 is 5.97 Å². The molecular weight excluding hydrogens is 378 g/mol. The van der Waals surface area contributed by atoms with Crippen molar-refractivity contribution in [2.75, 3.05) is 21.3 Å². The van der Waals surface area contributed by atoms with Crippen molar-refractivity contribution in [3.8, 4) is 17.2 Å². The second-order valence-corrected chi connectivity index (χ2v) is 7.00. The maximum absolute atomic E-state index is 11.2. The third-order valence-electron chi connectivity index (χ3n) is 4.24. The van der Waals surface area contributed by atoms with Gasteiger partial charge in [0.05, 0.1) is 31.5 Å². The molecule has 0 saturated carbocycles. The normalized spacial score (nSPS) is 11.5. The molecule has 1 N–H and O–H groups in total. The molecule has 3 aromatic rings. The van der Waals surface area contributed by atoms with Crippen molar-refractivity contribution in [3.63, 3.8) is 0 Å². The summed E-state index contributed by atoms with van der Waals surface area (Å²) in [6.45, 7) is 0. The van der Waals surface area contributed by atoms with Gasteiger partial charge >= 0.3 is 5.97 Å². The first-order valence-corrected chi connectivity index (χ1v) is 9.46. The van der Waals surface area contributed by atoms with E-state index in [1.807, 2.05) is 36.4 Å². The van der Waals surface area contributed by atoms with Crippen molar-refractivity contribution in [2.45, 2.75) is 12.8 Å². The molecule has 0 fully saturated rings. The summed E-state index contributed by atoms with van der Waals surface area (Å²) in [7, 11) is 4.67. The molecular formula is C21H21NO5S. The van der Waals surface area contributed by atoms with Gasteiger partial charge in [-0.15, -0.1) is 11.3 Å². The Bertz CT molecular complexity index is 992. The van der Waals surface area contributed by atoms with Gasteiger partial charge in [0.1, 0.15) is 5.01 Å². The van der Waals surface area contributed by atoms with Gasteiger partial charge in [-0.3, -0.25) is 4.79 Å². The number of nitrogens with zero attached hydrogens (tertiary/aromatic N) is 1. The van der Waals surface area contributed by atoms with Crippen molar-refractivity contribution in [1.29, 1.82) is 0 Å². The summed E-state index contributed by atoms with van der Waals surface area (Å²) in [4.78, 5) is 15.8. The first-order valence-electron chi connectivity index (χ1n) is 8.64. The van der Waals surface area contributed by atoms with Gasteiger partial charge in [0.15, 0.2) is 11.5 Å². The molecule has 0 spiro atoms. The Hall–Kier alpha value is -3.06. The summed E-state index contributed by atoms with van der Waals surface area (Å²) in [5.74, 6) is 0.714. The second kappa shape index (κ2) is 8.75. The van der Waals surface area contributed by atoms with Gasteiger partial charge in [0.25, 0.3) is 0 Å². The zero-order chi connectivity index (χ0) is 20.1. The molecule has 28 heavy (non-hydrogen) atoms. The van der Waals surface area contributed by atoms with Gasteiger partial charge in [0.2, 0.25) is 5.75 Å². The molecule has 0 aliphatic carbocycles. The molecule has 3 rings (SSSR count). The highest BCUT2D eigenvalue weighted by Crippen LogP contribution is 2.42. The minimum Gasteiger partial charge on any atom is -0.493 e. The molecule has 0 radical (unpaired) electrons. The Morgan fingerprint density at radius 3 is 2.43 bits per heavy atom. The zero-order valence-electron chi connectivity index (χ0n) is 15.9. The number of para-hydroxylation sites is 1. The predicted molar refractivity (Wildman–Crippen MR) is 110 cm³/mol. The molecule has 6 nitrogen and oxygen atoms in total. The van der Waals surface area contributed by atoms with Crippen LogP contribution in [0.3, 0.4) is 0 Å². The third kappa shape index (κ3) is 4.09. The fourth-order valence-corrected chi connectivity index (χ4v) is 3.93. The van der Waals surface area contributed by atoms with E-state index in [4.69, 9.17) is 19.3 Å². The second-order valence-electron chi connectivity index (χ2n) is 5.97. The molecule has 0 atom stereocenters. The Kier molecular flexibility index (Phi) is 6.16. The Labute approximate surface area is 167 Å². The van der Waals surface area contributed by atoms with Crippen LogP contribution in [0.15, 0.2) is 36.4 Å². The minimum atomic E-state index is -0.855. The number of ether oxygens (including phenoxy) is 3. The fourth-order valence-electron chi connectivity index (χ4n) is 2.92. The Morgan fingerprint density at radius 1 is 1.04 bits per heavy atom. The molecule has 1 aromatic heterocycles. The van der Waals surface area contributed by atoms with Gasteiger partial charge in [-0.2, -0.15) is 0 Å². The molecule has 1 heterocycles. The molecule has 0 bridgehead atoms. The summed E-state index contributed by atoms with van der Waals surface area (Å²) < 4.78 is 17.4. The van der Waals surface area contributed by atoms with Gasteiger partial charge < -0.3 is 19.3 Å². The standard InChI is InChI=1S/C21H21NO5S/c1-25-16-10-8-13(19(26-2)20(16)27-3)12-14(9-11-18(23)24)21-22-15-6-4-5-7-17(15)28-21/h4-8,10,12H,9,11H2,1-3H3,(H,23,24). The summed E-state index contributed by atoms with van der Waals surface area (Å²) in [5.41, 5.74) is 2.48. The number of hydrogen-bond donors (Lipinski definition) is 1. The first-order chi connectivity index (χ1) is 13.6. The lowest BCUT2D eigenvalue weighted by atomic mass is 10.0. The third-order valence-corrected chi connectivity index (χ3v) is 5.35. The van der Waals surface area contributed by atoms with Crippen LogP contribution in [0.4, 0.5) is 0 Å². The smallest absolute Gasteiger partial charge is 0.303 e. The van der Waals surface area contributed by atoms with Crippen molar-refractivity contribution < 1.29 is 24.1 Å². The molecule has 7 heteroatoms. The maximum Gasteiger partial charge on any atom is 0.303 e. The van der Waals surface area contributed by atoms with Crippen molar-refractivity contribution in [1.82, 2.24) is 4.98 Å². The topological polar surface area (TPSA) is 77.9 Å². The van der Waals surface area contributed by atoms with Crippen LogP contribution in [0.2, 0.25) is 0 Å². The van der Waals surface area contributed by atoms with Crippen LogP contribution in [-0.2, 0) is 4.79 Å². The van der Waals surface area contributed by atoms with Gasteiger partial charge in [-0.1, -0.05) is 12.1 Å². The SMILES string of the molecule is COc1ccc(C=C(CCC(=O)O)c2nc3ccccc3s2)c(OC)c1OC. The number of carbonyl (C=O) groups is 1. The van der Waals surface area contributed by atoms with Crippen LogP contribution in [0.5, 0.6) is 17.2 Å². The lowest BCUT2D eigenvalue weighted by Gasteiger charge is -2.14. The number of aliphatic carboxylic acids is 1. The Morgan fingerprint density at radius 2 is 1.79 bits per heavy atom. The van der Waals surface area contributed by atoms with Crippen LogP contribution in [0.1, 0.15) is 23.4 Å². The molecule has 146 valence electrons. The molecule has 0 unspecified atom stereocenters. The van der Waals surface area contributed by atoms with Crippen LogP contribution in [-0.4, -0.2) is 37.4 Å². The number of fused-ring (bicyclic) bond motifs is 1. The van der Waals surface area contributed by atoms with Crippen LogP contribution in [0, 0.1) is 0 Å². The summed E-state index contributed by atoms with van der Waals surface area (Å²) in [6.07, 6.45) is 2.27. The van der Waals surface area contributed by atoms with Gasteiger partial charge in [0, 0.05) is 12.0 Å². The fraction of sp³-hybridized carbons (Fsp3) is 0.238. The minimum absolute atomic E-state index is 0.0113. The lowest BCUT2D eigenvalue weighted by Crippen LogP contribution is -1.98. The van der Waals surface area contributed by atoms with E-state index in [0.717, 1.165) is 26.4 Å². The predicted octanol–water partition coefficient (Wildman–Crippen LogP) is 4.73. The molecule has 0 aliphatic rings. The summed E-state index contributed by atoms with van der Waals surface area (Å²) in [6, 6.07) is 11.5. The van der Waals surface area contributed by atoms with Crippen molar-refractivity contribution in [2.24, 2.45) is 0 Å². The van der Waals surface area contributed by atoms with E-state index in [-0.39, 0.29) is 6.42 Å². The summed E-state index contributed by atoms with van der Waals surface area (Å²) in [5, 5.41) is 9.95. The number of carboxylic acid groups (broad SMARTS) is 1. The molecule has 0 amide bonds. The van der Waals surface area contributed by atoms with E-state index in [2.05, 4.69) is 4.98 Å². The van der Waals surface area contributed by atoms with Crippen LogP contribution >= 0.6 is 11.3 Å². The van der Waals surface area contributed by atoms with E-state index in [0.29, 0.717) is 23.7 Å². The van der Waals surface area contributed by atoms with E-state index in [1.54, 1.807) is 27.4 Å². The highest BCUT2D eigenvalue weighted by Gasteiger charge is 2.17. The van der Waals surface area contributed by atoms with Gasteiger partial charge in [-0.25, -0.2) is 4.98 Å². The lowest BCUT2D eigenvalue weighted by molar-refractivity contribution is -0.136. The highest BCUT2D eigenvalue weighted by molar-refractivity contribution is 7.19. The van der Waals surface area contributed by atoms with E-state index in [9.17, 15) is 4.79 Å². The number of aromatic nitrogens is 1. The number of methoxy groups -OCH3 is 3. The zero-order valence-corrected chi connectivity index (χ0v) is 16.7. The van der Waals surface area contributed by atoms with E-state index >= 15 is 0 Å². The average Bonchev–Trinajstić information content (AvgIpc) is 3.14. The van der Waals surface area contributed by atoms with Gasteiger partial charge in [-0.05, 0) is 42.3 Å². The molecule has 2 aromatic carbocycles. The summed E-state index contributed by atoms with van der Waals surface area (Å²) >= 11 is 1.54. The highest BCUT2D eigenvalue weighted by atomic mass is 32.1. The number of hydrogen-bond acceptors (Lipinski definition) is 6. The quantitative estimate of drug-likeness (QED) is 0.590. The van der Waals surface area contributed by atoms with E-state index in [1.165, 1.54) is 11.3 Å². The number of rotatable bonds is 8. The maximum atomic E-state index is 11.2. The van der Waals surface area contributed by atoms with Crippen LogP contribution < -0.4 is 14.2 Å². The number of allylic oxidation sites excluding steroid dienone is 1. The largest absolute Gasteiger partial charge is 0.493 e. The Balaban J connectivity index is 2.12. The molecule has 0 aliphatic heterocycles. The van der Waals surface area contributed by atoms with Crippen molar-refractivity contribution in [3.05, 3.63) is 47.0 Å². The molecule has 0 saturated heterocycles. The first kappa shape index (κ1) is 19.7. The van der Waals surface area contributed by atoms with Crippen molar-refractivity contribution >= 4 is 39.2 Å². The average molecular weight is 399 g/mol. The number of thiazole rings is 1. The van der Waals surface area contributed by atoms with Crippen LogP contribution in [0.25, 0.3) is 21.9 Å². The number of carboxylic acids is 1. The monoisotopic (exact) mass is 399 g/mol. The number of benzene rings is 2.